The summed E-state index contributed by atoms with van der Waals surface area (Å²) in [5, 5.41) is -0.241. The minimum Gasteiger partial charge on any atom is -0.383 e. The Bertz CT molecular complexity index is 1100. The van der Waals surface area contributed by atoms with Gasteiger partial charge in [0.15, 0.2) is 0 Å². The van der Waals surface area contributed by atoms with E-state index in [0.29, 0.717) is 0 Å². The molecule has 1 fully saturated rings. The van der Waals surface area contributed by atoms with Gasteiger partial charge in [0.05, 0.1) is 29.1 Å². The quantitative estimate of drug-likeness (QED) is 0.709. The van der Waals surface area contributed by atoms with Crippen molar-refractivity contribution in [3.05, 3.63) is 38.0 Å². The van der Waals surface area contributed by atoms with Crippen LogP contribution in [0.5, 0.6) is 0 Å². The van der Waals surface area contributed by atoms with Crippen LogP contribution in [-0.2, 0) is 10.9 Å². The lowest BCUT2D eigenvalue weighted by Crippen LogP contribution is -2.38. The highest BCUT2D eigenvalue weighted by atomic mass is 32.2. The number of ether oxygens (including phenoxy) is 1. The molecule has 164 valence electrons. The number of hydrogen-bond donors (Lipinski definition) is 1. The maximum absolute atomic E-state index is 14.0. The highest BCUT2D eigenvalue weighted by Gasteiger charge is 2.43. The number of nitrogens with one attached hydrogen (secondary N) is 1. The zero-order valence-corrected chi connectivity index (χ0v) is 16.8. The fourth-order valence-electron chi connectivity index (χ4n) is 4.43. The molecule has 1 N–H and O–H groups in total. The molecule has 0 spiro atoms. The monoisotopic (exact) mass is 450 g/mol. The molecule has 1 aromatic carbocycles. The minimum atomic E-state index is -4.77. The molecule has 0 saturated heterocycles. The van der Waals surface area contributed by atoms with E-state index in [1.807, 2.05) is 0 Å². The normalized spacial score (nSPS) is 21.9. The number of aromatic amines is 1. The molecule has 1 aliphatic carbocycles. The number of H-pyrrole nitrogens is 1. The van der Waals surface area contributed by atoms with E-state index in [9.17, 15) is 31.5 Å². The van der Waals surface area contributed by atoms with E-state index in [-0.39, 0.29) is 46.6 Å². The predicted octanol–water partition coefficient (Wildman–Crippen LogP) is 4.29. The Morgan fingerprint density at radius 2 is 1.93 bits per heavy atom. The summed E-state index contributed by atoms with van der Waals surface area (Å²) in [7, 11) is 1.44. The number of benzene rings is 1. The van der Waals surface area contributed by atoms with Crippen molar-refractivity contribution in [1.82, 2.24) is 9.55 Å². The average Bonchev–Trinajstić information content (AvgIpc) is 2.65. The molecule has 2 aliphatic rings. The maximum Gasteiger partial charge on any atom is 0.416 e. The largest absolute Gasteiger partial charge is 0.416 e. The van der Waals surface area contributed by atoms with Crippen molar-refractivity contribution in [3.8, 4) is 0 Å². The molecule has 1 saturated carbocycles. The molecule has 5 nitrogen and oxygen atoms in total. The van der Waals surface area contributed by atoms with Crippen molar-refractivity contribution in [2.75, 3.05) is 19.5 Å². The van der Waals surface area contributed by atoms with Crippen LogP contribution in [0.15, 0.2) is 20.6 Å². The third kappa shape index (κ3) is 3.55. The van der Waals surface area contributed by atoms with Gasteiger partial charge in [-0.1, -0.05) is 0 Å². The molecule has 1 aromatic heterocycles. The van der Waals surface area contributed by atoms with Crippen LogP contribution in [-0.4, -0.2) is 34.9 Å². The second-order valence-corrected chi connectivity index (χ2v) is 8.77. The van der Waals surface area contributed by atoms with Gasteiger partial charge in [-0.25, -0.2) is 13.6 Å². The van der Waals surface area contributed by atoms with Crippen LogP contribution in [0.2, 0.25) is 0 Å². The molecule has 2 heterocycles. The summed E-state index contributed by atoms with van der Waals surface area (Å²) in [5.41, 5.74) is -2.57. The fraction of sp³-hybridized carbons (Fsp3) is 0.579. The Balaban J connectivity index is 2.03. The molecule has 0 radical (unpaired) electrons. The third-order valence-corrected chi connectivity index (χ3v) is 7.05. The number of rotatable bonds is 3. The average molecular weight is 450 g/mol. The molecular weight excluding hydrogens is 431 g/mol. The van der Waals surface area contributed by atoms with Crippen LogP contribution < -0.4 is 11.2 Å². The van der Waals surface area contributed by atoms with Crippen molar-refractivity contribution in [1.29, 1.82) is 0 Å². The van der Waals surface area contributed by atoms with E-state index in [1.54, 1.807) is 0 Å². The van der Waals surface area contributed by atoms with Gasteiger partial charge in [-0.3, -0.25) is 14.3 Å². The van der Waals surface area contributed by atoms with Gasteiger partial charge in [0.1, 0.15) is 0 Å². The first-order chi connectivity index (χ1) is 14.0. The van der Waals surface area contributed by atoms with E-state index in [1.165, 1.54) is 11.7 Å². The molecular formula is C19H19F5N2O3S. The van der Waals surface area contributed by atoms with E-state index in [4.69, 9.17) is 4.74 Å². The summed E-state index contributed by atoms with van der Waals surface area (Å²) in [6, 6.07) is 0.283. The molecule has 0 unspecified atom stereocenters. The number of thioether (sulfide) groups is 1. The van der Waals surface area contributed by atoms with Gasteiger partial charge in [0.25, 0.3) is 5.56 Å². The first kappa shape index (κ1) is 21.4. The summed E-state index contributed by atoms with van der Waals surface area (Å²) < 4.78 is 75.6. The molecule has 0 amide bonds. The number of alkyl halides is 5. The Hall–Kier alpha value is -1.88. The van der Waals surface area contributed by atoms with Crippen molar-refractivity contribution in [3.63, 3.8) is 0 Å². The van der Waals surface area contributed by atoms with Crippen molar-refractivity contribution in [2.24, 2.45) is 0 Å². The molecule has 11 heteroatoms. The van der Waals surface area contributed by atoms with Gasteiger partial charge < -0.3 is 4.74 Å². The van der Waals surface area contributed by atoms with Gasteiger partial charge in [-0.05, 0) is 30.4 Å². The first-order valence-electron chi connectivity index (χ1n) is 9.45. The van der Waals surface area contributed by atoms with Gasteiger partial charge >= 0.3 is 11.9 Å². The topological polar surface area (TPSA) is 64.1 Å². The van der Waals surface area contributed by atoms with Crippen LogP contribution in [0, 0.1) is 0 Å². The van der Waals surface area contributed by atoms with Gasteiger partial charge in [0.2, 0.25) is 5.92 Å². The van der Waals surface area contributed by atoms with Crippen LogP contribution in [0.4, 0.5) is 22.0 Å². The SMILES string of the molecule is COC[C@H]1CSc2c(C3CCC(F)(F)CC3)c(C(F)(F)F)cc3c(=O)[nH]c(=O)n1c23. The van der Waals surface area contributed by atoms with Crippen LogP contribution in [0.25, 0.3) is 10.9 Å². The number of aromatic nitrogens is 2. The molecule has 30 heavy (non-hydrogen) atoms. The van der Waals surface area contributed by atoms with Gasteiger partial charge in [-0.2, -0.15) is 13.2 Å². The lowest BCUT2D eigenvalue weighted by atomic mass is 9.80. The lowest BCUT2D eigenvalue weighted by molar-refractivity contribution is -0.138. The van der Waals surface area contributed by atoms with Crippen LogP contribution in [0.3, 0.4) is 0 Å². The number of methoxy groups -OCH3 is 1. The Morgan fingerprint density at radius 3 is 2.53 bits per heavy atom. The van der Waals surface area contributed by atoms with Crippen molar-refractivity contribution >= 4 is 22.7 Å². The molecule has 0 bridgehead atoms. The standard InChI is InChI=1S/C19H19F5N2O3S/c1-29-7-10-8-30-15-13(9-2-4-18(20,21)5-3-9)12(19(22,23)24)6-11-14(15)26(10)17(28)25-16(11)27/h6,9-10H,2-5,7-8H2,1H3,(H,25,27,28)/t10-/m0/s1. The van der Waals surface area contributed by atoms with Crippen molar-refractivity contribution in [2.45, 2.75) is 54.6 Å². The predicted molar refractivity (Wildman–Crippen MR) is 102 cm³/mol. The smallest absolute Gasteiger partial charge is 0.383 e. The molecule has 2 aromatic rings. The molecule has 1 atom stereocenters. The highest BCUT2D eigenvalue weighted by Crippen LogP contribution is 2.50. The van der Waals surface area contributed by atoms with E-state index >= 15 is 0 Å². The van der Waals surface area contributed by atoms with E-state index < -0.39 is 53.7 Å². The summed E-state index contributed by atoms with van der Waals surface area (Å²) in [6.07, 6.45) is -5.94. The molecule has 1 aliphatic heterocycles. The molecule has 4 rings (SSSR count). The summed E-state index contributed by atoms with van der Waals surface area (Å²) in [5.74, 6) is -3.35. The second kappa shape index (κ2) is 7.37. The van der Waals surface area contributed by atoms with Gasteiger partial charge in [0, 0.05) is 30.6 Å². The number of hydrogen-bond acceptors (Lipinski definition) is 4. The maximum atomic E-state index is 14.0. The summed E-state index contributed by atoms with van der Waals surface area (Å²) >= 11 is 1.12. The first-order valence-corrected chi connectivity index (χ1v) is 10.4. The Morgan fingerprint density at radius 1 is 1.27 bits per heavy atom. The summed E-state index contributed by atoms with van der Waals surface area (Å²) in [6.45, 7) is 0.138. The zero-order chi connectivity index (χ0) is 21.8. The van der Waals surface area contributed by atoms with E-state index in [0.717, 1.165) is 17.8 Å². The van der Waals surface area contributed by atoms with Crippen LogP contribution in [0.1, 0.15) is 48.8 Å². The lowest BCUT2D eigenvalue weighted by Gasteiger charge is -2.34. The van der Waals surface area contributed by atoms with E-state index in [2.05, 4.69) is 4.98 Å². The second-order valence-electron chi connectivity index (χ2n) is 7.74. The Labute approximate surface area is 171 Å². The summed E-state index contributed by atoms with van der Waals surface area (Å²) in [4.78, 5) is 27.2. The zero-order valence-electron chi connectivity index (χ0n) is 15.9. The number of halogens is 5. The Kier molecular flexibility index (Phi) is 5.24. The number of nitrogens with zero attached hydrogens (tertiary/aromatic N) is 1. The van der Waals surface area contributed by atoms with Gasteiger partial charge in [-0.15, -0.1) is 11.8 Å². The minimum absolute atomic E-state index is 0.0786. The van der Waals surface area contributed by atoms with Crippen LogP contribution >= 0.6 is 11.8 Å². The highest BCUT2D eigenvalue weighted by molar-refractivity contribution is 7.99. The van der Waals surface area contributed by atoms with Crippen molar-refractivity contribution < 1.29 is 26.7 Å². The third-order valence-electron chi connectivity index (χ3n) is 5.79. The fourth-order valence-corrected chi connectivity index (χ4v) is 5.81.